The molecule has 2 aromatic rings. The number of aryl methyl sites for hydroxylation is 1. The third-order valence-corrected chi connectivity index (χ3v) is 4.73. The van der Waals surface area contributed by atoms with Crippen LogP contribution < -0.4 is 4.74 Å². The summed E-state index contributed by atoms with van der Waals surface area (Å²) in [6.07, 6.45) is 6.54. The molecule has 1 aliphatic rings. The maximum Gasteiger partial charge on any atom is 0.141 e. The van der Waals surface area contributed by atoms with Crippen molar-refractivity contribution in [1.29, 1.82) is 0 Å². The van der Waals surface area contributed by atoms with Crippen molar-refractivity contribution in [3.63, 3.8) is 0 Å². The Kier molecular flexibility index (Phi) is 4.45. The highest BCUT2D eigenvalue weighted by molar-refractivity contribution is 6.32. The zero-order chi connectivity index (χ0) is 14.7. The monoisotopic (exact) mass is 301 g/mol. The maximum absolute atomic E-state index is 6.25. The van der Waals surface area contributed by atoms with Gasteiger partial charge in [-0.15, -0.1) is 0 Å². The Hall–Kier alpha value is -1.54. The number of nitrogens with zero attached hydrogens (tertiary/aromatic N) is 1. The lowest BCUT2D eigenvalue weighted by atomic mass is 9.83. The maximum atomic E-state index is 6.25. The average Bonchev–Trinajstić information content (AvgIpc) is 2.53. The van der Waals surface area contributed by atoms with Gasteiger partial charge in [0, 0.05) is 12.3 Å². The molecular formula is C18H20ClNO. The molecule has 0 N–H and O–H groups in total. The van der Waals surface area contributed by atoms with Crippen LogP contribution in [0.4, 0.5) is 0 Å². The summed E-state index contributed by atoms with van der Waals surface area (Å²) in [6, 6.07) is 12.6. The van der Waals surface area contributed by atoms with Crippen LogP contribution in [0.5, 0.6) is 5.75 Å². The van der Waals surface area contributed by atoms with Crippen LogP contribution in [-0.4, -0.2) is 11.1 Å². The lowest BCUT2D eigenvalue weighted by Crippen LogP contribution is -2.23. The van der Waals surface area contributed by atoms with Gasteiger partial charge in [-0.3, -0.25) is 4.98 Å². The van der Waals surface area contributed by atoms with Gasteiger partial charge in [0.1, 0.15) is 10.8 Å². The van der Waals surface area contributed by atoms with Crippen molar-refractivity contribution in [1.82, 2.24) is 4.98 Å². The summed E-state index contributed by atoms with van der Waals surface area (Å²) in [6.45, 7) is 1.90. The van der Waals surface area contributed by atoms with Crippen molar-refractivity contribution in [3.8, 4) is 5.75 Å². The second-order valence-corrected chi connectivity index (χ2v) is 6.09. The zero-order valence-corrected chi connectivity index (χ0v) is 13.0. The van der Waals surface area contributed by atoms with Crippen LogP contribution in [0.3, 0.4) is 0 Å². The molecule has 1 fully saturated rings. The first-order valence-electron chi connectivity index (χ1n) is 7.56. The van der Waals surface area contributed by atoms with Crippen molar-refractivity contribution in [2.45, 2.75) is 44.6 Å². The quantitative estimate of drug-likeness (QED) is 0.782. The van der Waals surface area contributed by atoms with Gasteiger partial charge in [0.2, 0.25) is 0 Å². The summed E-state index contributed by atoms with van der Waals surface area (Å²) in [7, 11) is 0. The van der Waals surface area contributed by atoms with E-state index < -0.39 is 0 Å². The van der Waals surface area contributed by atoms with Gasteiger partial charge in [-0.2, -0.15) is 0 Å². The average molecular weight is 302 g/mol. The van der Waals surface area contributed by atoms with E-state index in [2.05, 4.69) is 35.3 Å². The van der Waals surface area contributed by atoms with Gasteiger partial charge < -0.3 is 4.74 Å². The van der Waals surface area contributed by atoms with Crippen LogP contribution in [0.15, 0.2) is 42.6 Å². The number of benzene rings is 1. The molecule has 0 aliphatic heterocycles. The largest absolute Gasteiger partial charge is 0.489 e. The number of rotatable bonds is 3. The van der Waals surface area contributed by atoms with E-state index in [9.17, 15) is 0 Å². The molecular weight excluding hydrogens is 282 g/mol. The molecule has 2 nitrogen and oxygen atoms in total. The zero-order valence-electron chi connectivity index (χ0n) is 12.3. The number of ether oxygens (including phenoxy) is 1. The first-order chi connectivity index (χ1) is 10.2. The second-order valence-electron chi connectivity index (χ2n) is 5.71. The molecule has 0 saturated heterocycles. The number of pyridine rings is 1. The predicted octanol–water partition coefficient (Wildman–Crippen LogP) is 5.15. The van der Waals surface area contributed by atoms with Gasteiger partial charge in [0.05, 0.1) is 11.8 Å². The van der Waals surface area contributed by atoms with E-state index in [0.29, 0.717) is 10.9 Å². The van der Waals surface area contributed by atoms with Crippen LogP contribution in [0.1, 0.15) is 42.9 Å². The number of hydrogen-bond donors (Lipinski definition) is 0. The Morgan fingerprint density at radius 1 is 1.05 bits per heavy atom. The Bertz CT molecular complexity index is 591. The van der Waals surface area contributed by atoms with Crippen LogP contribution >= 0.6 is 11.6 Å². The van der Waals surface area contributed by atoms with E-state index in [1.807, 2.05) is 13.0 Å². The molecule has 1 aromatic heterocycles. The molecule has 1 saturated carbocycles. The van der Waals surface area contributed by atoms with Crippen molar-refractivity contribution >= 4 is 11.6 Å². The standard InChI is InChI=1S/C18H20ClNO/c1-13-18(19)17(11-12-20-13)21-16-9-7-15(8-10-16)14-5-3-2-4-6-14/h2-6,11-12,15-16H,7-10H2,1H3. The van der Waals surface area contributed by atoms with Crippen LogP contribution in [0.25, 0.3) is 0 Å². The van der Waals surface area contributed by atoms with E-state index in [4.69, 9.17) is 16.3 Å². The molecule has 3 heteroatoms. The van der Waals surface area contributed by atoms with Gasteiger partial charge >= 0.3 is 0 Å². The summed E-state index contributed by atoms with van der Waals surface area (Å²) in [4.78, 5) is 4.17. The lowest BCUT2D eigenvalue weighted by molar-refractivity contribution is 0.146. The van der Waals surface area contributed by atoms with E-state index in [1.54, 1.807) is 6.20 Å². The summed E-state index contributed by atoms with van der Waals surface area (Å²) >= 11 is 6.25. The Balaban J connectivity index is 1.60. The van der Waals surface area contributed by atoms with E-state index >= 15 is 0 Å². The minimum atomic E-state index is 0.268. The van der Waals surface area contributed by atoms with Crippen molar-refractivity contribution in [2.24, 2.45) is 0 Å². The molecule has 3 rings (SSSR count). The molecule has 1 heterocycles. The number of halogens is 1. The van der Waals surface area contributed by atoms with Crippen molar-refractivity contribution in [2.75, 3.05) is 0 Å². The SMILES string of the molecule is Cc1nccc(OC2CCC(c3ccccc3)CC2)c1Cl. The van der Waals surface area contributed by atoms with Gasteiger partial charge in [-0.1, -0.05) is 41.9 Å². The van der Waals surface area contributed by atoms with Gasteiger partial charge in [0.15, 0.2) is 0 Å². The summed E-state index contributed by atoms with van der Waals surface area (Å²) in [5.41, 5.74) is 2.28. The number of aromatic nitrogens is 1. The van der Waals surface area contributed by atoms with Crippen LogP contribution in [-0.2, 0) is 0 Å². The first-order valence-corrected chi connectivity index (χ1v) is 7.94. The fourth-order valence-corrected chi connectivity index (χ4v) is 3.19. The Labute approximate surface area is 131 Å². The Morgan fingerprint density at radius 2 is 1.76 bits per heavy atom. The summed E-state index contributed by atoms with van der Waals surface area (Å²) in [5, 5.41) is 0.641. The highest BCUT2D eigenvalue weighted by Gasteiger charge is 2.24. The van der Waals surface area contributed by atoms with E-state index in [-0.39, 0.29) is 6.10 Å². The summed E-state index contributed by atoms with van der Waals surface area (Å²) in [5.74, 6) is 1.44. The first kappa shape index (κ1) is 14.4. The fraction of sp³-hybridized carbons (Fsp3) is 0.389. The molecule has 0 bridgehead atoms. The predicted molar refractivity (Wildman–Crippen MR) is 86.1 cm³/mol. The highest BCUT2D eigenvalue weighted by atomic mass is 35.5. The topological polar surface area (TPSA) is 22.1 Å². The van der Waals surface area contributed by atoms with Crippen LogP contribution in [0, 0.1) is 6.92 Å². The molecule has 0 spiro atoms. The van der Waals surface area contributed by atoms with Gasteiger partial charge in [0.25, 0.3) is 0 Å². The molecule has 0 atom stereocenters. The number of hydrogen-bond acceptors (Lipinski definition) is 2. The second kappa shape index (κ2) is 6.48. The molecule has 0 radical (unpaired) electrons. The Morgan fingerprint density at radius 3 is 2.48 bits per heavy atom. The third kappa shape index (κ3) is 3.38. The minimum Gasteiger partial charge on any atom is -0.489 e. The normalized spacial score (nSPS) is 22.0. The molecule has 0 unspecified atom stereocenters. The molecule has 1 aliphatic carbocycles. The van der Waals surface area contributed by atoms with E-state index in [1.165, 1.54) is 18.4 Å². The summed E-state index contributed by atoms with van der Waals surface area (Å²) < 4.78 is 6.08. The molecule has 0 amide bonds. The van der Waals surface area contributed by atoms with E-state index in [0.717, 1.165) is 24.3 Å². The highest BCUT2D eigenvalue weighted by Crippen LogP contribution is 2.36. The minimum absolute atomic E-state index is 0.268. The fourth-order valence-electron chi connectivity index (χ4n) is 3.03. The van der Waals surface area contributed by atoms with Gasteiger partial charge in [-0.05, 0) is 44.1 Å². The molecule has 21 heavy (non-hydrogen) atoms. The lowest BCUT2D eigenvalue weighted by Gasteiger charge is -2.29. The third-order valence-electron chi connectivity index (χ3n) is 4.27. The van der Waals surface area contributed by atoms with Gasteiger partial charge in [-0.25, -0.2) is 0 Å². The van der Waals surface area contributed by atoms with Crippen LogP contribution in [0.2, 0.25) is 5.02 Å². The van der Waals surface area contributed by atoms with Crippen molar-refractivity contribution in [3.05, 3.63) is 58.9 Å². The molecule has 110 valence electrons. The molecule has 1 aromatic carbocycles. The smallest absolute Gasteiger partial charge is 0.141 e. The van der Waals surface area contributed by atoms with Crippen molar-refractivity contribution < 1.29 is 4.74 Å².